The number of hydrogen-bond donors (Lipinski definition) is 0. The lowest BCUT2D eigenvalue weighted by Crippen LogP contribution is -2.14. The van der Waals surface area contributed by atoms with Crippen molar-refractivity contribution in [2.75, 3.05) is 0 Å². The fourth-order valence-electron chi connectivity index (χ4n) is 2.42. The zero-order chi connectivity index (χ0) is 12.5. The molecule has 0 unspecified atom stereocenters. The van der Waals surface area contributed by atoms with Crippen molar-refractivity contribution in [2.24, 2.45) is 0 Å². The van der Waals surface area contributed by atoms with Crippen LogP contribution in [-0.4, -0.2) is 10.8 Å². The van der Waals surface area contributed by atoms with Crippen LogP contribution in [0.5, 0.6) is 0 Å². The molecular weight excluding hydrogens is 242 g/mol. The van der Waals surface area contributed by atoms with E-state index < -0.39 is 0 Å². The Kier molecular flexibility index (Phi) is 3.00. The van der Waals surface area contributed by atoms with Crippen LogP contribution in [0.1, 0.15) is 51.7 Å². The van der Waals surface area contributed by atoms with E-state index in [-0.39, 0.29) is 5.78 Å². The zero-order valence-electron chi connectivity index (χ0n) is 10.3. The highest BCUT2D eigenvalue weighted by molar-refractivity contribution is 7.12. The first-order chi connectivity index (χ1) is 8.77. The Balaban J connectivity index is 2.01. The number of carbonyl (C=O) groups excluding carboxylic acids is 1. The Hall–Kier alpha value is -1.48. The van der Waals surface area contributed by atoms with Gasteiger partial charge in [-0.25, -0.2) is 4.98 Å². The number of thiazole rings is 1. The van der Waals surface area contributed by atoms with Gasteiger partial charge in [0.25, 0.3) is 0 Å². The molecular formula is C15H15NOS. The van der Waals surface area contributed by atoms with E-state index in [1.165, 1.54) is 36.2 Å². The van der Waals surface area contributed by atoms with Gasteiger partial charge in [-0.2, -0.15) is 0 Å². The number of aromatic nitrogens is 1. The van der Waals surface area contributed by atoms with Gasteiger partial charge in [-0.3, -0.25) is 4.79 Å². The van der Waals surface area contributed by atoms with E-state index in [0.29, 0.717) is 5.92 Å². The lowest BCUT2D eigenvalue weighted by Gasteiger charge is -2.27. The summed E-state index contributed by atoms with van der Waals surface area (Å²) in [6.45, 7) is 1.90. The highest BCUT2D eigenvalue weighted by atomic mass is 32.1. The molecule has 1 fully saturated rings. The molecule has 0 saturated heterocycles. The SMILES string of the molecule is Cc1ncsc1C(=O)c1ccccc1C1CCC1. The smallest absolute Gasteiger partial charge is 0.205 e. The average molecular weight is 257 g/mol. The molecule has 3 heteroatoms. The molecule has 18 heavy (non-hydrogen) atoms. The minimum Gasteiger partial charge on any atom is -0.288 e. The third kappa shape index (κ3) is 1.89. The number of rotatable bonds is 3. The third-order valence-electron chi connectivity index (χ3n) is 3.70. The highest BCUT2D eigenvalue weighted by Crippen LogP contribution is 2.38. The van der Waals surface area contributed by atoms with Crippen LogP contribution >= 0.6 is 11.3 Å². The standard InChI is InChI=1S/C15H15NOS/c1-10-15(18-9-16-10)14(17)13-8-3-2-7-12(13)11-5-4-6-11/h2-3,7-9,11H,4-6H2,1H3. The first kappa shape index (κ1) is 11.6. The van der Waals surface area contributed by atoms with Crippen molar-refractivity contribution < 1.29 is 4.79 Å². The van der Waals surface area contributed by atoms with Crippen LogP contribution in [0.25, 0.3) is 0 Å². The molecule has 1 saturated carbocycles. The van der Waals surface area contributed by atoms with Crippen LogP contribution in [0.4, 0.5) is 0 Å². The van der Waals surface area contributed by atoms with Crippen LogP contribution in [0.15, 0.2) is 29.8 Å². The monoisotopic (exact) mass is 257 g/mol. The molecule has 3 rings (SSSR count). The van der Waals surface area contributed by atoms with Crippen molar-refractivity contribution in [3.05, 3.63) is 51.5 Å². The second kappa shape index (κ2) is 4.65. The zero-order valence-corrected chi connectivity index (χ0v) is 11.2. The van der Waals surface area contributed by atoms with Gasteiger partial charge >= 0.3 is 0 Å². The molecule has 0 atom stereocenters. The molecule has 0 amide bonds. The van der Waals surface area contributed by atoms with Crippen LogP contribution in [0.2, 0.25) is 0 Å². The lowest BCUT2D eigenvalue weighted by molar-refractivity contribution is 0.104. The van der Waals surface area contributed by atoms with Gasteiger partial charge in [0.05, 0.1) is 16.1 Å². The lowest BCUT2D eigenvalue weighted by atomic mass is 9.77. The summed E-state index contributed by atoms with van der Waals surface area (Å²) in [7, 11) is 0. The fourth-order valence-corrected chi connectivity index (χ4v) is 3.18. The first-order valence-corrected chi connectivity index (χ1v) is 7.19. The number of carbonyl (C=O) groups is 1. The maximum atomic E-state index is 12.6. The number of ketones is 1. The fraction of sp³-hybridized carbons (Fsp3) is 0.333. The normalized spacial score (nSPS) is 15.4. The molecule has 0 bridgehead atoms. The highest BCUT2D eigenvalue weighted by Gasteiger charge is 2.25. The van der Waals surface area contributed by atoms with Gasteiger partial charge in [-0.1, -0.05) is 30.7 Å². The van der Waals surface area contributed by atoms with E-state index in [0.717, 1.165) is 16.1 Å². The van der Waals surface area contributed by atoms with Crippen LogP contribution < -0.4 is 0 Å². The van der Waals surface area contributed by atoms with Crippen molar-refractivity contribution >= 4 is 17.1 Å². The molecule has 1 aliphatic carbocycles. The van der Waals surface area contributed by atoms with Crippen LogP contribution in [-0.2, 0) is 0 Å². The van der Waals surface area contributed by atoms with E-state index in [4.69, 9.17) is 0 Å². The molecule has 2 aromatic rings. The molecule has 1 aliphatic rings. The molecule has 0 spiro atoms. The van der Waals surface area contributed by atoms with Crippen molar-refractivity contribution in [1.29, 1.82) is 0 Å². The molecule has 1 aromatic heterocycles. The van der Waals surface area contributed by atoms with Gasteiger partial charge in [-0.05, 0) is 31.2 Å². The second-order valence-corrected chi connectivity index (χ2v) is 5.67. The molecule has 0 N–H and O–H groups in total. The van der Waals surface area contributed by atoms with Crippen molar-refractivity contribution in [2.45, 2.75) is 32.1 Å². The minimum atomic E-state index is 0.137. The maximum absolute atomic E-state index is 12.6. The van der Waals surface area contributed by atoms with E-state index in [2.05, 4.69) is 11.1 Å². The van der Waals surface area contributed by atoms with Gasteiger partial charge in [0.15, 0.2) is 0 Å². The van der Waals surface area contributed by atoms with E-state index in [1.807, 2.05) is 25.1 Å². The quantitative estimate of drug-likeness (QED) is 0.779. The molecule has 92 valence electrons. The molecule has 0 radical (unpaired) electrons. The number of aryl methyl sites for hydroxylation is 1. The molecule has 0 aliphatic heterocycles. The maximum Gasteiger partial charge on any atom is 0.205 e. The largest absolute Gasteiger partial charge is 0.288 e. The average Bonchev–Trinajstić information content (AvgIpc) is 2.73. The van der Waals surface area contributed by atoms with Crippen molar-refractivity contribution in [3.63, 3.8) is 0 Å². The summed E-state index contributed by atoms with van der Waals surface area (Å²) in [6.07, 6.45) is 3.71. The Morgan fingerprint density at radius 3 is 2.72 bits per heavy atom. The summed E-state index contributed by atoms with van der Waals surface area (Å²) in [6, 6.07) is 8.04. The number of hydrogen-bond acceptors (Lipinski definition) is 3. The predicted molar refractivity (Wildman–Crippen MR) is 73.3 cm³/mol. The van der Waals surface area contributed by atoms with Crippen LogP contribution in [0, 0.1) is 6.92 Å². The first-order valence-electron chi connectivity index (χ1n) is 6.31. The Morgan fingerprint density at radius 2 is 2.11 bits per heavy atom. The Morgan fingerprint density at radius 1 is 1.33 bits per heavy atom. The summed E-state index contributed by atoms with van der Waals surface area (Å²) in [5, 5.41) is 0. The molecule has 1 heterocycles. The Labute approximate surface area is 111 Å². The van der Waals surface area contributed by atoms with E-state index in [9.17, 15) is 4.79 Å². The molecule has 2 nitrogen and oxygen atoms in total. The topological polar surface area (TPSA) is 30.0 Å². The van der Waals surface area contributed by atoms with Crippen molar-refractivity contribution in [1.82, 2.24) is 4.98 Å². The van der Waals surface area contributed by atoms with Crippen LogP contribution in [0.3, 0.4) is 0 Å². The summed E-state index contributed by atoms with van der Waals surface area (Å²) in [4.78, 5) is 17.5. The van der Waals surface area contributed by atoms with Crippen molar-refractivity contribution in [3.8, 4) is 0 Å². The second-order valence-electron chi connectivity index (χ2n) is 4.81. The summed E-state index contributed by atoms with van der Waals surface area (Å²) in [5.41, 5.74) is 4.68. The van der Waals surface area contributed by atoms with E-state index >= 15 is 0 Å². The third-order valence-corrected chi connectivity index (χ3v) is 4.63. The predicted octanol–water partition coefficient (Wildman–Crippen LogP) is 3.95. The number of nitrogens with zero attached hydrogens (tertiary/aromatic N) is 1. The van der Waals surface area contributed by atoms with Gasteiger partial charge in [0.2, 0.25) is 5.78 Å². The van der Waals surface area contributed by atoms with Gasteiger partial charge in [0.1, 0.15) is 0 Å². The van der Waals surface area contributed by atoms with Gasteiger partial charge in [0, 0.05) is 5.56 Å². The Bertz CT molecular complexity index is 584. The summed E-state index contributed by atoms with van der Waals surface area (Å²) >= 11 is 1.44. The van der Waals surface area contributed by atoms with Gasteiger partial charge < -0.3 is 0 Å². The molecule has 1 aromatic carbocycles. The van der Waals surface area contributed by atoms with E-state index in [1.54, 1.807) is 5.51 Å². The van der Waals surface area contributed by atoms with Gasteiger partial charge in [-0.15, -0.1) is 11.3 Å². The minimum absolute atomic E-state index is 0.137. The summed E-state index contributed by atoms with van der Waals surface area (Å²) < 4.78 is 0. The summed E-state index contributed by atoms with van der Waals surface area (Å²) in [5.74, 6) is 0.718. The number of benzene rings is 1.